The Labute approximate surface area is 120 Å². The molecule has 1 saturated heterocycles. The van der Waals surface area contributed by atoms with Gasteiger partial charge in [-0.15, -0.1) is 11.3 Å². The number of nitrogens with one attached hydrogen (secondary N) is 1. The van der Waals surface area contributed by atoms with Crippen LogP contribution in [-0.2, 0) is 4.74 Å². The minimum absolute atomic E-state index is 0.754. The van der Waals surface area contributed by atoms with E-state index >= 15 is 0 Å². The number of aromatic amines is 1. The van der Waals surface area contributed by atoms with Gasteiger partial charge in [0, 0.05) is 29.7 Å². The summed E-state index contributed by atoms with van der Waals surface area (Å²) in [5.74, 6) is 1.00. The van der Waals surface area contributed by atoms with Crippen LogP contribution < -0.4 is 4.90 Å². The maximum atomic E-state index is 5.43. The molecule has 1 aliphatic rings. The fraction of sp³-hybridized carbons (Fsp3) is 0.286. The minimum atomic E-state index is 0.754. The lowest BCUT2D eigenvalue weighted by molar-refractivity contribution is 0.122. The highest BCUT2D eigenvalue weighted by atomic mass is 32.1. The van der Waals surface area contributed by atoms with Crippen molar-refractivity contribution >= 4 is 28.2 Å². The Morgan fingerprint density at radius 3 is 2.95 bits per heavy atom. The fourth-order valence-corrected chi connectivity index (χ4v) is 3.34. The molecule has 0 spiro atoms. The number of aromatic nitrogens is 3. The van der Waals surface area contributed by atoms with Gasteiger partial charge in [-0.25, -0.2) is 9.97 Å². The van der Waals surface area contributed by atoms with Gasteiger partial charge >= 0.3 is 0 Å². The second kappa shape index (κ2) is 4.88. The molecule has 3 aromatic heterocycles. The Kier molecular flexibility index (Phi) is 2.90. The predicted molar refractivity (Wildman–Crippen MR) is 80.2 cm³/mol. The maximum absolute atomic E-state index is 5.43. The topological polar surface area (TPSA) is 54.0 Å². The summed E-state index contributed by atoms with van der Waals surface area (Å²) in [6, 6.07) is 4.19. The van der Waals surface area contributed by atoms with E-state index in [1.165, 1.54) is 10.4 Å². The van der Waals surface area contributed by atoms with Crippen LogP contribution in [-0.4, -0.2) is 41.3 Å². The molecule has 3 aromatic rings. The number of hydrogen-bond donors (Lipinski definition) is 1. The summed E-state index contributed by atoms with van der Waals surface area (Å²) in [6.45, 7) is 3.26. The lowest BCUT2D eigenvalue weighted by Crippen LogP contribution is -2.36. The Hall–Kier alpha value is -1.92. The summed E-state index contributed by atoms with van der Waals surface area (Å²) in [4.78, 5) is 15.6. The molecule has 6 heteroatoms. The van der Waals surface area contributed by atoms with Crippen LogP contribution >= 0.6 is 11.3 Å². The van der Waals surface area contributed by atoms with Crippen molar-refractivity contribution in [3.8, 4) is 10.4 Å². The van der Waals surface area contributed by atoms with Gasteiger partial charge < -0.3 is 14.6 Å². The first-order chi connectivity index (χ1) is 9.93. The molecule has 0 bridgehead atoms. The molecule has 0 unspecified atom stereocenters. The van der Waals surface area contributed by atoms with Gasteiger partial charge in [0.05, 0.1) is 18.6 Å². The lowest BCUT2D eigenvalue weighted by Gasteiger charge is -2.28. The molecule has 5 nitrogen and oxygen atoms in total. The Balaban J connectivity index is 1.89. The summed E-state index contributed by atoms with van der Waals surface area (Å²) < 4.78 is 5.43. The second-order valence-electron chi connectivity index (χ2n) is 4.70. The number of H-pyrrole nitrogens is 1. The SMILES string of the molecule is c1csc(-c2c[nH]c3ncnc(N4CCOCC4)c23)c1. The molecule has 1 aliphatic heterocycles. The van der Waals surface area contributed by atoms with Gasteiger partial charge in [-0.1, -0.05) is 6.07 Å². The number of thiophene rings is 1. The largest absolute Gasteiger partial charge is 0.378 e. The molecule has 0 atom stereocenters. The summed E-state index contributed by atoms with van der Waals surface area (Å²) in [6.07, 6.45) is 3.65. The number of anilines is 1. The van der Waals surface area contributed by atoms with Crippen LogP contribution in [0.5, 0.6) is 0 Å². The average Bonchev–Trinajstić information content (AvgIpc) is 3.16. The molecular weight excluding hydrogens is 272 g/mol. The quantitative estimate of drug-likeness (QED) is 0.786. The van der Waals surface area contributed by atoms with Crippen LogP contribution in [0, 0.1) is 0 Å². The molecule has 4 rings (SSSR count). The van der Waals surface area contributed by atoms with Crippen LogP contribution in [0.4, 0.5) is 5.82 Å². The van der Waals surface area contributed by atoms with Crippen molar-refractivity contribution in [2.45, 2.75) is 0 Å². The zero-order valence-corrected chi connectivity index (χ0v) is 11.7. The number of rotatable bonds is 2. The summed E-state index contributed by atoms with van der Waals surface area (Å²) in [5, 5.41) is 3.20. The van der Waals surface area contributed by atoms with Crippen LogP contribution in [0.15, 0.2) is 30.0 Å². The predicted octanol–water partition coefficient (Wildman–Crippen LogP) is 2.52. The number of ether oxygens (including phenoxy) is 1. The number of nitrogens with zero attached hydrogens (tertiary/aromatic N) is 3. The minimum Gasteiger partial charge on any atom is -0.378 e. The Bertz CT molecular complexity index is 716. The van der Waals surface area contributed by atoms with Crippen molar-refractivity contribution in [3.05, 3.63) is 30.0 Å². The maximum Gasteiger partial charge on any atom is 0.143 e. The molecule has 20 heavy (non-hydrogen) atoms. The molecule has 0 amide bonds. The van der Waals surface area contributed by atoms with E-state index in [9.17, 15) is 0 Å². The van der Waals surface area contributed by atoms with Gasteiger partial charge in [0.1, 0.15) is 17.8 Å². The van der Waals surface area contributed by atoms with Gasteiger partial charge in [0.15, 0.2) is 0 Å². The Morgan fingerprint density at radius 2 is 2.15 bits per heavy atom. The van der Waals surface area contributed by atoms with Crippen molar-refractivity contribution in [3.63, 3.8) is 0 Å². The zero-order chi connectivity index (χ0) is 13.4. The van der Waals surface area contributed by atoms with Crippen LogP contribution in [0.25, 0.3) is 21.5 Å². The number of fused-ring (bicyclic) bond motifs is 1. The first kappa shape index (κ1) is 11.9. The average molecular weight is 286 g/mol. The Morgan fingerprint density at radius 1 is 1.25 bits per heavy atom. The molecular formula is C14H14N4OS. The monoisotopic (exact) mass is 286 g/mol. The molecule has 4 heterocycles. The molecule has 0 aliphatic carbocycles. The summed E-state index contributed by atoms with van der Waals surface area (Å²) in [7, 11) is 0. The van der Waals surface area contributed by atoms with Crippen molar-refractivity contribution in [2.24, 2.45) is 0 Å². The van der Waals surface area contributed by atoms with Gasteiger partial charge in [0.25, 0.3) is 0 Å². The highest BCUT2D eigenvalue weighted by Crippen LogP contribution is 2.35. The van der Waals surface area contributed by atoms with E-state index in [-0.39, 0.29) is 0 Å². The van der Waals surface area contributed by atoms with E-state index in [1.807, 2.05) is 6.20 Å². The van der Waals surface area contributed by atoms with E-state index in [0.29, 0.717) is 0 Å². The summed E-state index contributed by atoms with van der Waals surface area (Å²) >= 11 is 1.73. The van der Waals surface area contributed by atoms with Crippen LogP contribution in [0.1, 0.15) is 0 Å². The molecule has 0 aromatic carbocycles. The standard InChI is InChI=1S/C14H14N4OS/c1-2-11(20-7-1)10-8-15-13-12(10)14(17-9-16-13)18-3-5-19-6-4-18/h1-2,7-9H,3-6H2,(H,15,16,17). The normalized spacial score (nSPS) is 15.9. The van der Waals surface area contributed by atoms with Crippen LogP contribution in [0.3, 0.4) is 0 Å². The third-order valence-electron chi connectivity index (χ3n) is 3.55. The first-order valence-corrected chi connectivity index (χ1v) is 7.50. The molecule has 1 N–H and O–H groups in total. The van der Waals surface area contributed by atoms with Gasteiger partial charge in [-0.05, 0) is 11.4 Å². The highest BCUT2D eigenvalue weighted by molar-refractivity contribution is 7.13. The third-order valence-corrected chi connectivity index (χ3v) is 4.45. The lowest BCUT2D eigenvalue weighted by atomic mass is 10.2. The van der Waals surface area contributed by atoms with Crippen molar-refractivity contribution in [1.29, 1.82) is 0 Å². The smallest absolute Gasteiger partial charge is 0.143 e. The molecule has 0 saturated carbocycles. The van der Waals surface area contributed by atoms with Gasteiger partial charge in [-0.2, -0.15) is 0 Å². The fourth-order valence-electron chi connectivity index (χ4n) is 2.59. The highest BCUT2D eigenvalue weighted by Gasteiger charge is 2.19. The van der Waals surface area contributed by atoms with Crippen molar-refractivity contribution < 1.29 is 4.74 Å². The summed E-state index contributed by atoms with van der Waals surface area (Å²) in [5.41, 5.74) is 2.07. The molecule has 0 radical (unpaired) electrons. The molecule has 102 valence electrons. The van der Waals surface area contributed by atoms with Crippen molar-refractivity contribution in [1.82, 2.24) is 15.0 Å². The van der Waals surface area contributed by atoms with Crippen LogP contribution in [0.2, 0.25) is 0 Å². The van der Waals surface area contributed by atoms with E-state index in [2.05, 4.69) is 37.4 Å². The van der Waals surface area contributed by atoms with Gasteiger partial charge in [-0.3, -0.25) is 0 Å². The van der Waals surface area contributed by atoms with E-state index in [1.54, 1.807) is 17.7 Å². The van der Waals surface area contributed by atoms with Crippen molar-refractivity contribution in [2.75, 3.05) is 31.2 Å². The third kappa shape index (κ3) is 1.88. The second-order valence-corrected chi connectivity index (χ2v) is 5.65. The van der Waals surface area contributed by atoms with E-state index in [0.717, 1.165) is 43.2 Å². The molecule has 1 fully saturated rings. The van der Waals surface area contributed by atoms with Gasteiger partial charge in [0.2, 0.25) is 0 Å². The first-order valence-electron chi connectivity index (χ1n) is 6.62. The zero-order valence-electron chi connectivity index (χ0n) is 10.9. The number of hydrogen-bond acceptors (Lipinski definition) is 5. The number of morpholine rings is 1. The van der Waals surface area contributed by atoms with E-state index < -0.39 is 0 Å². The van der Waals surface area contributed by atoms with E-state index in [4.69, 9.17) is 4.74 Å².